The van der Waals surface area contributed by atoms with Crippen molar-refractivity contribution in [2.45, 2.75) is 32.9 Å². The van der Waals surface area contributed by atoms with Crippen LogP contribution in [-0.2, 0) is 17.8 Å². The molecule has 0 saturated carbocycles. The van der Waals surface area contributed by atoms with Gasteiger partial charge in [-0.2, -0.15) is 4.98 Å². The number of aromatic nitrogens is 2. The van der Waals surface area contributed by atoms with Crippen molar-refractivity contribution in [3.63, 3.8) is 0 Å². The lowest BCUT2D eigenvalue weighted by Crippen LogP contribution is -2.43. The first-order valence-electron chi connectivity index (χ1n) is 6.43. The zero-order valence-electron chi connectivity index (χ0n) is 11.5. The molecule has 0 aliphatic rings. The number of hydrogen-bond donors (Lipinski definition) is 2. The summed E-state index contributed by atoms with van der Waals surface area (Å²) in [6.07, 6.45) is 0.640. The molecular formula is C13H18N4O2S. The van der Waals surface area contributed by atoms with E-state index in [0.29, 0.717) is 18.1 Å². The van der Waals surface area contributed by atoms with Gasteiger partial charge in [0.2, 0.25) is 11.8 Å². The quantitative estimate of drug-likeness (QED) is 0.838. The van der Waals surface area contributed by atoms with Crippen molar-refractivity contribution in [3.05, 3.63) is 34.1 Å². The Morgan fingerprint density at radius 3 is 3.00 bits per heavy atom. The van der Waals surface area contributed by atoms with Gasteiger partial charge < -0.3 is 15.6 Å². The number of carbonyl (C=O) groups is 1. The number of amides is 1. The monoisotopic (exact) mass is 294 g/mol. The maximum absolute atomic E-state index is 11.7. The standard InChI is InChI=1S/C13H18N4O2S/c1-8(2)12(14)13(18)15-7-11-16-10(17-19-11)6-9-4-3-5-20-9/h3-5,8,12H,6-7,14H2,1-2H3,(H,15,18)/t12-/m0/s1. The van der Waals surface area contributed by atoms with Gasteiger partial charge in [0, 0.05) is 11.3 Å². The third-order valence-corrected chi connectivity index (χ3v) is 3.73. The Morgan fingerprint density at radius 2 is 2.35 bits per heavy atom. The first-order chi connectivity index (χ1) is 9.56. The molecule has 0 radical (unpaired) electrons. The first kappa shape index (κ1) is 14.7. The fourth-order valence-corrected chi connectivity index (χ4v) is 2.29. The van der Waals surface area contributed by atoms with Crippen LogP contribution >= 0.6 is 11.3 Å². The van der Waals surface area contributed by atoms with Gasteiger partial charge in [0.25, 0.3) is 0 Å². The highest BCUT2D eigenvalue weighted by molar-refractivity contribution is 7.09. The van der Waals surface area contributed by atoms with Gasteiger partial charge in [-0.15, -0.1) is 11.3 Å². The summed E-state index contributed by atoms with van der Waals surface area (Å²) < 4.78 is 5.09. The van der Waals surface area contributed by atoms with Crippen LogP contribution in [0.2, 0.25) is 0 Å². The highest BCUT2D eigenvalue weighted by Crippen LogP contribution is 2.12. The molecule has 2 heterocycles. The van der Waals surface area contributed by atoms with Crippen molar-refractivity contribution >= 4 is 17.2 Å². The van der Waals surface area contributed by atoms with Gasteiger partial charge in [0.15, 0.2) is 5.82 Å². The Morgan fingerprint density at radius 1 is 1.55 bits per heavy atom. The molecule has 0 bridgehead atoms. The predicted molar refractivity (Wildman–Crippen MR) is 76.1 cm³/mol. The molecule has 6 nitrogen and oxygen atoms in total. The topological polar surface area (TPSA) is 94.0 Å². The number of nitrogens with two attached hydrogens (primary N) is 1. The summed E-state index contributed by atoms with van der Waals surface area (Å²) in [5, 5.41) is 8.59. The minimum Gasteiger partial charge on any atom is -0.346 e. The van der Waals surface area contributed by atoms with Crippen LogP contribution in [0.1, 0.15) is 30.4 Å². The molecule has 0 fully saturated rings. The average Bonchev–Trinajstić information content (AvgIpc) is 3.07. The van der Waals surface area contributed by atoms with Crippen LogP contribution in [0.4, 0.5) is 0 Å². The average molecular weight is 294 g/mol. The van der Waals surface area contributed by atoms with Crippen molar-refractivity contribution in [1.82, 2.24) is 15.5 Å². The predicted octanol–water partition coefficient (Wildman–Crippen LogP) is 1.32. The number of carbonyl (C=O) groups excluding carboxylic acids is 1. The van der Waals surface area contributed by atoms with Gasteiger partial charge in [-0.1, -0.05) is 25.1 Å². The summed E-state index contributed by atoms with van der Waals surface area (Å²) in [6, 6.07) is 3.47. The van der Waals surface area contributed by atoms with Gasteiger partial charge in [-0.25, -0.2) is 0 Å². The second kappa shape index (κ2) is 6.62. The van der Waals surface area contributed by atoms with Crippen LogP contribution in [0, 0.1) is 5.92 Å². The van der Waals surface area contributed by atoms with E-state index in [1.54, 1.807) is 11.3 Å². The van der Waals surface area contributed by atoms with Crippen molar-refractivity contribution in [2.24, 2.45) is 11.7 Å². The third-order valence-electron chi connectivity index (χ3n) is 2.86. The number of hydrogen-bond acceptors (Lipinski definition) is 6. The van der Waals surface area contributed by atoms with E-state index in [4.69, 9.17) is 10.3 Å². The van der Waals surface area contributed by atoms with Gasteiger partial charge in [-0.05, 0) is 17.4 Å². The molecule has 3 N–H and O–H groups in total. The summed E-state index contributed by atoms with van der Waals surface area (Å²) in [5.41, 5.74) is 5.74. The van der Waals surface area contributed by atoms with E-state index < -0.39 is 6.04 Å². The second-order valence-corrected chi connectivity index (χ2v) is 5.88. The lowest BCUT2D eigenvalue weighted by atomic mass is 10.1. The molecule has 108 valence electrons. The molecule has 0 spiro atoms. The summed E-state index contributed by atoms with van der Waals surface area (Å²) in [5.74, 6) is 0.885. The molecule has 0 saturated heterocycles. The van der Waals surface area contributed by atoms with Crippen LogP contribution in [0.5, 0.6) is 0 Å². The Labute approximate surface area is 121 Å². The highest BCUT2D eigenvalue weighted by Gasteiger charge is 2.17. The van der Waals surface area contributed by atoms with Gasteiger partial charge in [-0.3, -0.25) is 4.79 Å². The maximum atomic E-state index is 11.7. The number of rotatable bonds is 6. The zero-order chi connectivity index (χ0) is 14.5. The molecule has 0 unspecified atom stereocenters. The van der Waals surface area contributed by atoms with Crippen LogP contribution in [0.15, 0.2) is 22.0 Å². The Kier molecular flexibility index (Phi) is 4.86. The van der Waals surface area contributed by atoms with Gasteiger partial charge >= 0.3 is 0 Å². The summed E-state index contributed by atoms with van der Waals surface area (Å²) in [6.45, 7) is 4.00. The van der Waals surface area contributed by atoms with E-state index in [1.165, 1.54) is 4.88 Å². The molecule has 0 aliphatic heterocycles. The lowest BCUT2D eigenvalue weighted by Gasteiger charge is -2.14. The minimum atomic E-state index is -0.525. The third kappa shape index (κ3) is 3.88. The molecule has 20 heavy (non-hydrogen) atoms. The molecule has 2 aromatic heterocycles. The molecule has 1 amide bonds. The number of nitrogens with zero attached hydrogens (tertiary/aromatic N) is 2. The van der Waals surface area contributed by atoms with Gasteiger partial charge in [0.1, 0.15) is 0 Å². The van der Waals surface area contributed by atoms with E-state index in [0.717, 1.165) is 0 Å². The van der Waals surface area contributed by atoms with Crippen molar-refractivity contribution < 1.29 is 9.32 Å². The van der Waals surface area contributed by atoms with Crippen LogP contribution in [-0.4, -0.2) is 22.1 Å². The molecule has 1 atom stereocenters. The van der Waals surface area contributed by atoms with E-state index in [1.807, 2.05) is 31.4 Å². The Balaban J connectivity index is 1.85. The Hall–Kier alpha value is -1.73. The molecular weight excluding hydrogens is 276 g/mol. The maximum Gasteiger partial charge on any atom is 0.246 e. The molecule has 0 aliphatic carbocycles. The smallest absolute Gasteiger partial charge is 0.246 e. The normalized spacial score (nSPS) is 12.6. The van der Waals surface area contributed by atoms with E-state index in [2.05, 4.69) is 15.5 Å². The van der Waals surface area contributed by atoms with E-state index >= 15 is 0 Å². The van der Waals surface area contributed by atoms with Crippen LogP contribution in [0.3, 0.4) is 0 Å². The van der Waals surface area contributed by atoms with Crippen LogP contribution in [0.25, 0.3) is 0 Å². The number of nitrogens with one attached hydrogen (secondary N) is 1. The molecule has 0 aromatic carbocycles. The first-order valence-corrected chi connectivity index (χ1v) is 7.31. The summed E-state index contributed by atoms with van der Waals surface area (Å²) in [7, 11) is 0. The van der Waals surface area contributed by atoms with E-state index in [-0.39, 0.29) is 18.4 Å². The molecule has 2 rings (SSSR count). The van der Waals surface area contributed by atoms with Gasteiger partial charge in [0.05, 0.1) is 12.6 Å². The van der Waals surface area contributed by atoms with Crippen LogP contribution < -0.4 is 11.1 Å². The van der Waals surface area contributed by atoms with Crippen molar-refractivity contribution in [1.29, 1.82) is 0 Å². The largest absolute Gasteiger partial charge is 0.346 e. The minimum absolute atomic E-state index is 0.0899. The highest BCUT2D eigenvalue weighted by atomic mass is 32.1. The summed E-state index contributed by atoms with van der Waals surface area (Å²) in [4.78, 5) is 17.1. The SMILES string of the molecule is CC(C)[C@H](N)C(=O)NCc1nc(Cc2cccs2)no1. The zero-order valence-corrected chi connectivity index (χ0v) is 12.3. The fraction of sp³-hybridized carbons (Fsp3) is 0.462. The van der Waals surface area contributed by atoms with E-state index in [9.17, 15) is 4.79 Å². The lowest BCUT2D eigenvalue weighted by molar-refractivity contribution is -0.123. The second-order valence-electron chi connectivity index (χ2n) is 4.85. The Bertz CT molecular complexity index is 550. The summed E-state index contributed by atoms with van der Waals surface area (Å²) >= 11 is 1.64. The fourth-order valence-electron chi connectivity index (χ4n) is 1.59. The number of thiophene rings is 1. The van der Waals surface area contributed by atoms with Crippen molar-refractivity contribution in [3.8, 4) is 0 Å². The molecule has 2 aromatic rings. The van der Waals surface area contributed by atoms with Crippen molar-refractivity contribution in [2.75, 3.05) is 0 Å². The molecule has 7 heteroatoms.